The van der Waals surface area contributed by atoms with E-state index in [-0.39, 0.29) is 17.5 Å². The molecule has 0 bridgehead atoms. The van der Waals surface area contributed by atoms with Crippen LogP contribution >= 0.6 is 22.9 Å². The Labute approximate surface area is 143 Å². The van der Waals surface area contributed by atoms with Crippen LogP contribution in [-0.2, 0) is 10.0 Å². The lowest BCUT2D eigenvalue weighted by atomic mass is 10.2. The van der Waals surface area contributed by atoms with Crippen molar-refractivity contribution in [2.75, 3.05) is 6.54 Å². The first-order valence-corrected chi connectivity index (χ1v) is 9.58. The molecule has 0 aliphatic carbocycles. The Balaban J connectivity index is 1.82. The van der Waals surface area contributed by atoms with Crippen LogP contribution in [0.15, 0.2) is 65.1 Å². The van der Waals surface area contributed by atoms with E-state index in [1.807, 2.05) is 29.8 Å². The van der Waals surface area contributed by atoms with Gasteiger partial charge in [0.1, 0.15) is 0 Å². The van der Waals surface area contributed by atoms with Gasteiger partial charge in [-0.15, -0.1) is 11.3 Å². The van der Waals surface area contributed by atoms with Crippen LogP contribution in [0.25, 0.3) is 0 Å². The first-order valence-electron chi connectivity index (χ1n) is 6.84. The van der Waals surface area contributed by atoms with Crippen molar-refractivity contribution in [3.05, 3.63) is 70.1 Å². The van der Waals surface area contributed by atoms with Crippen molar-refractivity contribution in [3.8, 4) is 0 Å². The van der Waals surface area contributed by atoms with Crippen molar-refractivity contribution < 1.29 is 8.42 Å². The number of rotatable bonds is 6. The molecule has 0 saturated carbocycles. The average Bonchev–Trinajstić information content (AvgIpc) is 3.21. The Bertz CT molecular complexity index is 828. The zero-order valence-corrected chi connectivity index (χ0v) is 14.4. The summed E-state index contributed by atoms with van der Waals surface area (Å²) in [5, 5.41) is 6.57. The van der Waals surface area contributed by atoms with Crippen LogP contribution in [0.1, 0.15) is 10.9 Å². The number of thiophene rings is 1. The monoisotopic (exact) mass is 367 g/mol. The van der Waals surface area contributed by atoms with Gasteiger partial charge in [0.05, 0.1) is 10.9 Å². The average molecular weight is 368 g/mol. The number of nitrogens with zero attached hydrogens (tertiary/aromatic N) is 2. The van der Waals surface area contributed by atoms with E-state index in [4.69, 9.17) is 11.6 Å². The number of hydrogen-bond acceptors (Lipinski definition) is 4. The van der Waals surface area contributed by atoms with Gasteiger partial charge in [0.2, 0.25) is 10.0 Å². The molecule has 0 aliphatic rings. The second-order valence-corrected chi connectivity index (χ2v) is 8.01. The molecule has 1 N–H and O–H groups in total. The minimum atomic E-state index is -3.63. The molecule has 1 unspecified atom stereocenters. The number of sulfonamides is 1. The van der Waals surface area contributed by atoms with E-state index in [2.05, 4.69) is 9.82 Å². The van der Waals surface area contributed by atoms with Crippen molar-refractivity contribution in [1.29, 1.82) is 0 Å². The molecule has 2 aromatic heterocycles. The molecule has 0 amide bonds. The van der Waals surface area contributed by atoms with Crippen molar-refractivity contribution in [3.63, 3.8) is 0 Å². The standard InChI is InChI=1S/C15H14ClN3O2S2/c16-12-4-1-5-13(10-12)23(20,21)18-11-14(15-6-2-9-22-15)19-8-3-7-17-19/h1-10,14,18H,11H2. The fourth-order valence-corrected chi connectivity index (χ4v) is 4.34. The smallest absolute Gasteiger partial charge is 0.240 e. The summed E-state index contributed by atoms with van der Waals surface area (Å²) < 4.78 is 29.2. The molecule has 0 spiro atoms. The van der Waals surface area contributed by atoms with Crippen molar-refractivity contribution in [1.82, 2.24) is 14.5 Å². The number of aromatic nitrogens is 2. The lowest BCUT2D eigenvalue weighted by molar-refractivity contribution is 0.511. The molecule has 8 heteroatoms. The van der Waals surface area contributed by atoms with Gasteiger partial charge >= 0.3 is 0 Å². The van der Waals surface area contributed by atoms with E-state index in [0.29, 0.717) is 5.02 Å². The van der Waals surface area contributed by atoms with Crippen LogP contribution in [0.5, 0.6) is 0 Å². The van der Waals surface area contributed by atoms with Crippen LogP contribution in [0, 0.1) is 0 Å². The van der Waals surface area contributed by atoms with Gasteiger partial charge < -0.3 is 0 Å². The largest absolute Gasteiger partial charge is 0.263 e. The topological polar surface area (TPSA) is 64.0 Å². The maximum absolute atomic E-state index is 12.4. The fraction of sp³-hybridized carbons (Fsp3) is 0.133. The van der Waals surface area contributed by atoms with E-state index in [1.165, 1.54) is 12.1 Å². The van der Waals surface area contributed by atoms with Crippen molar-refractivity contribution >= 4 is 33.0 Å². The quantitative estimate of drug-likeness (QED) is 0.727. The van der Waals surface area contributed by atoms with E-state index in [0.717, 1.165) is 4.88 Å². The molecule has 5 nitrogen and oxygen atoms in total. The number of nitrogens with one attached hydrogen (secondary N) is 1. The molecule has 0 aliphatic heterocycles. The lowest BCUT2D eigenvalue weighted by Crippen LogP contribution is -2.31. The van der Waals surface area contributed by atoms with E-state index >= 15 is 0 Å². The lowest BCUT2D eigenvalue weighted by Gasteiger charge is -2.17. The van der Waals surface area contributed by atoms with Gasteiger partial charge in [0.15, 0.2) is 0 Å². The summed E-state index contributed by atoms with van der Waals surface area (Å²) in [5.74, 6) is 0. The summed E-state index contributed by atoms with van der Waals surface area (Å²) in [4.78, 5) is 1.18. The first-order chi connectivity index (χ1) is 11.1. The van der Waals surface area contributed by atoms with Crippen molar-refractivity contribution in [2.45, 2.75) is 10.9 Å². The Hall–Kier alpha value is -1.67. The molecule has 3 aromatic rings. The van der Waals surface area contributed by atoms with Gasteiger partial charge in [0.25, 0.3) is 0 Å². The minimum Gasteiger partial charge on any atom is -0.263 e. The maximum atomic E-state index is 12.4. The summed E-state index contributed by atoms with van der Waals surface area (Å²) in [6.45, 7) is 0.205. The molecule has 120 valence electrons. The fourth-order valence-electron chi connectivity index (χ4n) is 2.18. The molecule has 3 rings (SSSR count). The summed E-state index contributed by atoms with van der Waals surface area (Å²) in [6, 6.07) is 11.7. The Morgan fingerprint density at radius 1 is 1.26 bits per heavy atom. The van der Waals surface area contributed by atoms with Gasteiger partial charge in [-0.2, -0.15) is 5.10 Å². The third-order valence-corrected chi connectivity index (χ3v) is 5.92. The summed E-state index contributed by atoms with van der Waals surface area (Å²) in [5.41, 5.74) is 0. The van der Waals surface area contributed by atoms with Crippen LogP contribution < -0.4 is 4.72 Å². The van der Waals surface area contributed by atoms with Crippen molar-refractivity contribution in [2.24, 2.45) is 0 Å². The molecule has 0 saturated heterocycles. The summed E-state index contributed by atoms with van der Waals surface area (Å²) in [7, 11) is -3.63. The van der Waals surface area contributed by atoms with E-state index < -0.39 is 10.0 Å². The third-order valence-electron chi connectivity index (χ3n) is 3.29. The molecular formula is C15H14ClN3O2S2. The second-order valence-electron chi connectivity index (χ2n) is 4.83. The number of hydrogen-bond donors (Lipinski definition) is 1. The maximum Gasteiger partial charge on any atom is 0.240 e. The normalized spacial score (nSPS) is 13.1. The molecule has 2 heterocycles. The number of benzene rings is 1. The molecule has 1 aromatic carbocycles. The first kappa shape index (κ1) is 16.2. The molecule has 0 radical (unpaired) electrons. The SMILES string of the molecule is O=S(=O)(NCC(c1cccs1)n1cccn1)c1cccc(Cl)c1. The highest BCUT2D eigenvalue weighted by Gasteiger charge is 2.20. The highest BCUT2D eigenvalue weighted by molar-refractivity contribution is 7.89. The second kappa shape index (κ2) is 6.84. The predicted molar refractivity (Wildman–Crippen MR) is 91.3 cm³/mol. The highest BCUT2D eigenvalue weighted by Crippen LogP contribution is 2.23. The summed E-state index contributed by atoms with van der Waals surface area (Å²) in [6.07, 6.45) is 3.49. The Morgan fingerprint density at radius 3 is 2.78 bits per heavy atom. The zero-order valence-electron chi connectivity index (χ0n) is 12.0. The van der Waals surface area contributed by atoms with Gasteiger partial charge in [-0.25, -0.2) is 13.1 Å². The minimum absolute atomic E-state index is 0.149. The predicted octanol–water partition coefficient (Wildman–Crippen LogP) is 3.17. The Morgan fingerprint density at radius 2 is 2.13 bits per heavy atom. The van der Waals surface area contributed by atoms with Gasteiger partial charge in [-0.1, -0.05) is 23.7 Å². The third kappa shape index (κ3) is 3.81. The highest BCUT2D eigenvalue weighted by atomic mass is 35.5. The molecular weight excluding hydrogens is 354 g/mol. The number of halogens is 1. The Kier molecular flexibility index (Phi) is 4.82. The molecule has 1 atom stereocenters. The zero-order chi connectivity index (χ0) is 16.3. The van der Waals surface area contributed by atoms with Crippen LogP contribution in [-0.4, -0.2) is 24.7 Å². The van der Waals surface area contributed by atoms with E-state index in [1.54, 1.807) is 34.3 Å². The molecule has 23 heavy (non-hydrogen) atoms. The van der Waals surface area contributed by atoms with Gasteiger partial charge in [-0.3, -0.25) is 4.68 Å². The van der Waals surface area contributed by atoms with Crippen LogP contribution in [0.4, 0.5) is 0 Å². The van der Waals surface area contributed by atoms with Crippen LogP contribution in [0.3, 0.4) is 0 Å². The summed E-state index contributed by atoms with van der Waals surface area (Å²) >= 11 is 7.43. The van der Waals surface area contributed by atoms with Gasteiger partial charge in [-0.05, 0) is 35.7 Å². The van der Waals surface area contributed by atoms with Gasteiger partial charge in [0, 0.05) is 28.8 Å². The molecule has 0 fully saturated rings. The van der Waals surface area contributed by atoms with E-state index in [9.17, 15) is 8.42 Å². The van der Waals surface area contributed by atoms with Crippen LogP contribution in [0.2, 0.25) is 5.02 Å².